The van der Waals surface area contributed by atoms with Crippen molar-refractivity contribution in [2.24, 2.45) is 0 Å². The molecule has 1 aliphatic heterocycles. The predicted molar refractivity (Wildman–Crippen MR) is 62.1 cm³/mol. The highest BCUT2D eigenvalue weighted by molar-refractivity contribution is 14.1. The van der Waals surface area contributed by atoms with Gasteiger partial charge in [0.05, 0.1) is 0 Å². The van der Waals surface area contributed by atoms with Gasteiger partial charge in [-0.3, -0.25) is 0 Å². The second kappa shape index (κ2) is 3.47. The van der Waals surface area contributed by atoms with Gasteiger partial charge >= 0.3 is 0 Å². The first-order valence-electron chi connectivity index (χ1n) is 3.06. The SMILES string of the molecule is CC1SC(C)C(I)C1I. The minimum atomic E-state index is 0.863. The maximum atomic E-state index is 2.57. The molecular formula is C6H10I2S. The van der Waals surface area contributed by atoms with Gasteiger partial charge in [0, 0.05) is 18.3 Å². The molecular weight excluding hydrogens is 358 g/mol. The number of rotatable bonds is 0. The Hall–Kier alpha value is 1.81. The van der Waals surface area contributed by atoms with Gasteiger partial charge < -0.3 is 0 Å². The van der Waals surface area contributed by atoms with Crippen molar-refractivity contribution in [2.75, 3.05) is 0 Å². The summed E-state index contributed by atoms with van der Waals surface area (Å²) in [5.41, 5.74) is 0. The molecule has 0 bridgehead atoms. The smallest absolute Gasteiger partial charge is 0.0354 e. The lowest BCUT2D eigenvalue weighted by atomic mass is 10.2. The Balaban J connectivity index is 2.54. The lowest BCUT2D eigenvalue weighted by Gasteiger charge is -2.08. The van der Waals surface area contributed by atoms with Crippen molar-refractivity contribution >= 4 is 56.9 Å². The largest absolute Gasteiger partial charge is 0.153 e. The van der Waals surface area contributed by atoms with Crippen LogP contribution in [0.15, 0.2) is 0 Å². The van der Waals surface area contributed by atoms with Crippen molar-refractivity contribution < 1.29 is 0 Å². The molecule has 1 heterocycles. The maximum Gasteiger partial charge on any atom is 0.0354 e. The number of thioether (sulfide) groups is 1. The molecule has 1 fully saturated rings. The number of alkyl halides is 2. The second-order valence-corrected chi connectivity index (χ2v) is 7.07. The zero-order valence-corrected chi connectivity index (χ0v) is 10.6. The molecule has 4 unspecified atom stereocenters. The Labute approximate surface area is 88.2 Å². The fourth-order valence-corrected chi connectivity index (χ4v) is 5.15. The molecule has 4 atom stereocenters. The summed E-state index contributed by atoms with van der Waals surface area (Å²) in [5, 5.41) is 1.73. The molecule has 0 aromatic heterocycles. The summed E-state index contributed by atoms with van der Waals surface area (Å²) in [7, 11) is 0. The highest BCUT2D eigenvalue weighted by atomic mass is 127. The van der Waals surface area contributed by atoms with E-state index in [1.807, 2.05) is 0 Å². The van der Waals surface area contributed by atoms with Crippen LogP contribution in [0.2, 0.25) is 0 Å². The fraction of sp³-hybridized carbons (Fsp3) is 1.00. The van der Waals surface area contributed by atoms with Gasteiger partial charge in [-0.2, -0.15) is 11.8 Å². The molecule has 0 aromatic rings. The van der Waals surface area contributed by atoms with Crippen molar-refractivity contribution in [3.8, 4) is 0 Å². The van der Waals surface area contributed by atoms with Gasteiger partial charge in [0.25, 0.3) is 0 Å². The van der Waals surface area contributed by atoms with E-state index in [0.29, 0.717) is 0 Å². The van der Waals surface area contributed by atoms with Gasteiger partial charge in [-0.1, -0.05) is 59.0 Å². The van der Waals surface area contributed by atoms with Gasteiger partial charge in [-0.25, -0.2) is 0 Å². The third-order valence-corrected chi connectivity index (χ3v) is 9.13. The normalized spacial score (nSPS) is 52.0. The quantitative estimate of drug-likeness (QED) is 0.468. The van der Waals surface area contributed by atoms with E-state index in [9.17, 15) is 0 Å². The van der Waals surface area contributed by atoms with Crippen molar-refractivity contribution in [2.45, 2.75) is 32.2 Å². The molecule has 0 aromatic carbocycles. The lowest BCUT2D eigenvalue weighted by molar-refractivity contribution is 0.862. The first-order valence-corrected chi connectivity index (χ1v) is 6.50. The molecule has 0 nitrogen and oxygen atoms in total. The molecule has 0 saturated carbocycles. The number of hydrogen-bond acceptors (Lipinski definition) is 1. The molecule has 0 aliphatic carbocycles. The van der Waals surface area contributed by atoms with Gasteiger partial charge in [0.2, 0.25) is 0 Å². The van der Waals surface area contributed by atoms with Gasteiger partial charge in [-0.15, -0.1) is 0 Å². The van der Waals surface area contributed by atoms with Gasteiger partial charge in [-0.05, 0) is 0 Å². The third kappa shape index (κ3) is 1.89. The van der Waals surface area contributed by atoms with Crippen LogP contribution in [0.1, 0.15) is 13.8 Å². The maximum absolute atomic E-state index is 2.57. The number of hydrogen-bond donors (Lipinski definition) is 0. The zero-order valence-electron chi connectivity index (χ0n) is 5.47. The van der Waals surface area contributed by atoms with E-state index in [0.717, 1.165) is 18.3 Å². The monoisotopic (exact) mass is 368 g/mol. The molecule has 0 amide bonds. The van der Waals surface area contributed by atoms with Crippen LogP contribution in [-0.2, 0) is 0 Å². The van der Waals surface area contributed by atoms with E-state index in [2.05, 4.69) is 70.8 Å². The molecule has 1 saturated heterocycles. The summed E-state index contributed by atoms with van der Waals surface area (Å²) in [6.07, 6.45) is 0. The minimum absolute atomic E-state index is 0.863. The Morgan fingerprint density at radius 3 is 1.44 bits per heavy atom. The van der Waals surface area contributed by atoms with Crippen LogP contribution >= 0.6 is 56.9 Å². The van der Waals surface area contributed by atoms with Crippen molar-refractivity contribution in [3.63, 3.8) is 0 Å². The summed E-state index contributed by atoms with van der Waals surface area (Å²) in [6.45, 7) is 4.66. The fourth-order valence-electron chi connectivity index (χ4n) is 1.01. The van der Waals surface area contributed by atoms with Crippen molar-refractivity contribution in [1.82, 2.24) is 0 Å². The average Bonchev–Trinajstić information content (AvgIpc) is 1.98. The topological polar surface area (TPSA) is 0 Å². The summed E-state index contributed by atoms with van der Waals surface area (Å²) >= 11 is 7.26. The Bertz CT molecular complexity index is 95.2. The van der Waals surface area contributed by atoms with Gasteiger partial charge in [0.15, 0.2) is 0 Å². The van der Waals surface area contributed by atoms with Crippen LogP contribution in [0.3, 0.4) is 0 Å². The van der Waals surface area contributed by atoms with E-state index in [-0.39, 0.29) is 0 Å². The molecule has 0 spiro atoms. The molecule has 1 rings (SSSR count). The Kier molecular flexibility index (Phi) is 3.43. The summed E-state index contributed by atoms with van der Waals surface area (Å²) < 4.78 is 1.76. The minimum Gasteiger partial charge on any atom is -0.153 e. The van der Waals surface area contributed by atoms with Crippen LogP contribution in [0, 0.1) is 0 Å². The molecule has 1 aliphatic rings. The highest BCUT2D eigenvalue weighted by Crippen LogP contribution is 2.42. The molecule has 54 valence electrons. The van der Waals surface area contributed by atoms with Crippen LogP contribution < -0.4 is 0 Å². The second-order valence-electron chi connectivity index (χ2n) is 2.44. The van der Waals surface area contributed by atoms with E-state index < -0.39 is 0 Å². The van der Waals surface area contributed by atoms with Crippen LogP contribution in [0.5, 0.6) is 0 Å². The summed E-state index contributed by atoms with van der Waals surface area (Å²) in [5.74, 6) is 0. The van der Waals surface area contributed by atoms with Gasteiger partial charge in [0.1, 0.15) is 0 Å². The first kappa shape index (κ1) is 8.90. The van der Waals surface area contributed by atoms with Crippen molar-refractivity contribution in [1.29, 1.82) is 0 Å². The zero-order chi connectivity index (χ0) is 7.02. The van der Waals surface area contributed by atoms with Crippen LogP contribution in [-0.4, -0.2) is 18.3 Å². The summed E-state index contributed by atoms with van der Waals surface area (Å²) in [6, 6.07) is 0. The lowest BCUT2D eigenvalue weighted by Crippen LogP contribution is -2.18. The van der Waals surface area contributed by atoms with Crippen molar-refractivity contribution in [3.05, 3.63) is 0 Å². The van der Waals surface area contributed by atoms with E-state index in [4.69, 9.17) is 0 Å². The van der Waals surface area contributed by atoms with E-state index in [1.54, 1.807) is 0 Å². The van der Waals surface area contributed by atoms with E-state index in [1.165, 1.54) is 0 Å². The molecule has 0 N–H and O–H groups in total. The predicted octanol–water partition coefficient (Wildman–Crippen LogP) is 3.12. The highest BCUT2D eigenvalue weighted by Gasteiger charge is 2.35. The third-order valence-electron chi connectivity index (χ3n) is 1.63. The van der Waals surface area contributed by atoms with E-state index >= 15 is 0 Å². The number of halogens is 2. The Morgan fingerprint density at radius 1 is 1.00 bits per heavy atom. The molecule has 9 heavy (non-hydrogen) atoms. The first-order chi connectivity index (χ1) is 4.13. The summed E-state index contributed by atoms with van der Waals surface area (Å²) in [4.78, 5) is 0. The standard InChI is InChI=1S/C6H10I2S/c1-3-5(7)6(8)4(2)9-3/h3-6H,1-2H3. The van der Waals surface area contributed by atoms with Crippen LogP contribution in [0.25, 0.3) is 0 Å². The molecule has 0 radical (unpaired) electrons. The Morgan fingerprint density at radius 2 is 1.33 bits per heavy atom. The van der Waals surface area contributed by atoms with Crippen LogP contribution in [0.4, 0.5) is 0 Å². The molecule has 3 heteroatoms. The average molecular weight is 368 g/mol.